The first-order valence-electron chi connectivity index (χ1n) is 32.0. The van der Waals surface area contributed by atoms with Gasteiger partial charge < -0.3 is 72.5 Å². The minimum absolute atomic E-state index is 0.0130. The molecule has 4 N–H and O–H groups in total. The molecule has 5 rings (SSSR count). The van der Waals surface area contributed by atoms with Crippen molar-refractivity contribution in [2.24, 2.45) is 52.0 Å². The van der Waals surface area contributed by atoms with E-state index >= 15 is 9.59 Å². The minimum atomic E-state index is -4.04. The van der Waals surface area contributed by atoms with Crippen LogP contribution in [0, 0.1) is 46.8 Å². The number of ketones is 1. The second-order valence-corrected chi connectivity index (χ2v) is 30.1. The largest absolute Gasteiger partial charge is 0.461 e. The van der Waals surface area contributed by atoms with Gasteiger partial charge in [-0.3, -0.25) is 19.3 Å². The van der Waals surface area contributed by atoms with Gasteiger partial charge in [-0.05, 0) is 91.2 Å². The third kappa shape index (κ3) is 20.8. The molecule has 22 atom stereocenters. The first-order valence-corrected chi connectivity index (χ1v) is 33.5. The van der Waals surface area contributed by atoms with Crippen LogP contribution < -0.4 is 10.0 Å². The zero-order valence-corrected chi connectivity index (χ0v) is 58.1. The second-order valence-electron chi connectivity index (χ2n) is 28.4. The molecule has 0 unspecified atom stereocenters. The van der Waals surface area contributed by atoms with Gasteiger partial charge in [-0.1, -0.05) is 92.6 Å². The number of sulfonamides is 1. The Morgan fingerprint density at radius 2 is 1.46 bits per heavy atom. The number of ether oxygens (including phenoxy) is 11. The van der Waals surface area contributed by atoms with E-state index in [2.05, 4.69) is 47.8 Å². The number of aliphatic hydroxyl groups excluding tert-OH is 2. The van der Waals surface area contributed by atoms with Gasteiger partial charge in [-0.2, -0.15) is 0 Å². The Morgan fingerprint density at radius 3 is 2.06 bits per heavy atom. The Bertz CT molecular complexity index is 2610. The maximum atomic E-state index is 16.1. The summed E-state index contributed by atoms with van der Waals surface area (Å²) in [7, 11) is 0.209. The van der Waals surface area contributed by atoms with Crippen molar-refractivity contribution in [3.8, 4) is 0 Å². The van der Waals surface area contributed by atoms with Crippen molar-refractivity contribution in [3.05, 3.63) is 30.3 Å². The number of Topliss-reactive ketones (excluding diaryl/α,β-unsaturated/α-hetero) is 1. The van der Waals surface area contributed by atoms with Gasteiger partial charge in [0.05, 0.1) is 65.1 Å². The summed E-state index contributed by atoms with van der Waals surface area (Å²) in [5.41, 5.74) is -3.25. The van der Waals surface area contributed by atoms with Crippen LogP contribution >= 0.6 is 0 Å². The normalized spacial score (nSPS) is 36.7. The fraction of sp³-hybridized carbons (Fsp3) is 0.831. The number of benzene rings is 1. The molecule has 0 saturated carbocycles. The number of oxime groups is 1. The lowest BCUT2D eigenvalue weighted by Crippen LogP contribution is -2.59. The van der Waals surface area contributed by atoms with Gasteiger partial charge in [0.2, 0.25) is 10.0 Å². The number of cyclic esters (lactones) is 1. The SMILES string of the molecule is CO/N=C1\C[C@@H](C)O[C@@H](O[C@@H]2[C@@H](C)[C@H](O[C@H]3C[C@@H](C)N(CC(C)(C)C)C[C@H](C)O3)[C@@H](C)C(=O)O[C@H]([C@@H](C)CO[C@@H]3O[C@H](C)[C@@H](O)[C@@H](OC)[C@H]3OC)[C@H](C)[C@@H](OC(=O)CC(C)C)[C@@H](C)C(=O)[C@@](C)(OC(=O)NC(C)(C)CNS(=O)(=O)c3ccccc3)C[C@@H]2C)[C@@H]1O. The molecule has 1 aromatic rings. The number of hydrogen-bond donors (Lipinski definition) is 4. The first kappa shape index (κ1) is 76.7. The standard InChI is InChI=1S/C65H110N4O20S/c1-35(2)27-48(70)85-54-42(9)53(37(4)32-81-61-57(79-20)56(78-19)50(71)45(12)84-61)87-59(74)44(11)55(86-49-28-38(5)69(31-40(7)82-49)34-63(13,14)15)41(8)52(88-60-51(72)47(68-80-21)29-39(6)83-60)36(3)30-65(18,58(73)43(54)10)89-62(75)67-64(16,17)33-66-90(76,77)46-25-23-22-24-26-46/h22-26,35-45,49-57,60-61,66,71-72H,27-34H2,1-21H3,(H,67,75)/b68-47+/t36-,37-,38+,39+,40-,41+,42-,43+,44+,45+,49-,50+,51+,52-,53+,54+,55-,56+,57+,60-,61+,65-/m0/s1. The summed E-state index contributed by atoms with van der Waals surface area (Å²) in [4.78, 5) is 68.2. The smallest absolute Gasteiger partial charge is 0.408 e. The van der Waals surface area contributed by atoms with Crippen molar-refractivity contribution in [2.45, 2.75) is 258 Å². The van der Waals surface area contributed by atoms with Gasteiger partial charge in [-0.15, -0.1) is 0 Å². The molecular weight excluding hydrogens is 1190 g/mol. The molecule has 0 bridgehead atoms. The number of rotatable bonds is 21. The third-order valence-electron chi connectivity index (χ3n) is 17.6. The van der Waals surface area contributed by atoms with Gasteiger partial charge in [-0.25, -0.2) is 17.9 Å². The number of alkyl carbamates (subject to hydrolysis) is 1. The predicted octanol–water partition coefficient (Wildman–Crippen LogP) is 7.18. The van der Waals surface area contributed by atoms with E-state index in [1.165, 1.54) is 40.4 Å². The van der Waals surface area contributed by atoms with Crippen LogP contribution in [-0.4, -0.2) is 204 Å². The summed E-state index contributed by atoms with van der Waals surface area (Å²) in [5.74, 6) is -8.14. The number of hydrogen-bond acceptors (Lipinski definition) is 22. The highest BCUT2D eigenvalue weighted by Gasteiger charge is 2.53. The summed E-state index contributed by atoms with van der Waals surface area (Å²) >= 11 is 0. The van der Waals surface area contributed by atoms with Crippen molar-refractivity contribution in [3.63, 3.8) is 0 Å². The molecule has 516 valence electrons. The lowest BCUT2D eigenvalue weighted by atomic mass is 9.74. The highest BCUT2D eigenvalue weighted by atomic mass is 32.2. The van der Waals surface area contributed by atoms with Crippen LogP contribution in [0.3, 0.4) is 0 Å². The Morgan fingerprint density at radius 1 is 0.811 bits per heavy atom. The van der Waals surface area contributed by atoms with E-state index in [-0.39, 0.29) is 66.5 Å². The fourth-order valence-corrected chi connectivity index (χ4v) is 14.2. The second kappa shape index (κ2) is 32.9. The van der Waals surface area contributed by atoms with E-state index in [0.29, 0.717) is 13.0 Å². The number of nitrogens with zero attached hydrogens (tertiary/aromatic N) is 2. The number of nitrogens with one attached hydrogen (secondary N) is 2. The molecule has 90 heavy (non-hydrogen) atoms. The van der Waals surface area contributed by atoms with Gasteiger partial charge >= 0.3 is 18.0 Å². The fourth-order valence-electron chi connectivity index (χ4n) is 13.0. The topological polar surface area (TPSA) is 293 Å². The molecule has 1 aromatic carbocycles. The average Bonchev–Trinajstić information content (AvgIpc) is 0.859. The van der Waals surface area contributed by atoms with E-state index in [1.54, 1.807) is 80.5 Å². The summed E-state index contributed by atoms with van der Waals surface area (Å²) < 4.78 is 101. The number of carbonyl (C=O) groups excluding carboxylic acids is 4. The molecule has 25 heteroatoms. The molecule has 1 amide bonds. The highest BCUT2D eigenvalue weighted by Crippen LogP contribution is 2.41. The number of aliphatic hydroxyl groups is 2. The molecular formula is C65H110N4O20S. The zero-order chi connectivity index (χ0) is 67.5. The van der Waals surface area contributed by atoms with Crippen molar-refractivity contribution < 1.29 is 94.8 Å². The number of amides is 1. The first-order chi connectivity index (χ1) is 41.9. The van der Waals surface area contributed by atoms with Gasteiger partial charge in [0, 0.05) is 76.9 Å². The van der Waals surface area contributed by atoms with E-state index in [9.17, 15) is 28.2 Å². The molecule has 4 saturated heterocycles. The lowest BCUT2D eigenvalue weighted by Gasteiger charge is -2.45. The molecule has 4 fully saturated rings. The molecule has 0 spiro atoms. The quantitative estimate of drug-likeness (QED) is 0.0538. The van der Waals surface area contributed by atoms with Crippen LogP contribution in [0.25, 0.3) is 0 Å². The van der Waals surface area contributed by atoms with Crippen molar-refractivity contribution in [2.75, 3.05) is 47.6 Å². The Hall–Kier alpha value is -3.96. The molecule has 0 radical (unpaired) electrons. The predicted molar refractivity (Wildman–Crippen MR) is 334 cm³/mol. The highest BCUT2D eigenvalue weighted by molar-refractivity contribution is 7.89. The van der Waals surface area contributed by atoms with E-state index in [4.69, 9.17) is 56.9 Å². The van der Waals surface area contributed by atoms with E-state index < -0.39 is 160 Å². The van der Waals surface area contributed by atoms with Gasteiger partial charge in [0.1, 0.15) is 43.7 Å². The summed E-state index contributed by atoms with van der Waals surface area (Å²) in [6, 6.07) is 7.70. The van der Waals surface area contributed by atoms with Crippen LogP contribution in [0.15, 0.2) is 40.4 Å². The van der Waals surface area contributed by atoms with Crippen molar-refractivity contribution in [1.29, 1.82) is 0 Å². The molecule has 24 nitrogen and oxygen atoms in total. The maximum Gasteiger partial charge on any atom is 0.408 e. The van der Waals surface area contributed by atoms with Crippen LogP contribution in [-0.2, 0) is 81.3 Å². The summed E-state index contributed by atoms with van der Waals surface area (Å²) in [6.45, 7) is 33.7. The third-order valence-corrected chi connectivity index (χ3v) is 19.0. The monoisotopic (exact) mass is 1300 g/mol. The number of methoxy groups -OCH3 is 2. The van der Waals surface area contributed by atoms with Crippen LogP contribution in [0.5, 0.6) is 0 Å². The van der Waals surface area contributed by atoms with Crippen molar-refractivity contribution in [1.82, 2.24) is 14.9 Å². The average molecular weight is 1300 g/mol. The summed E-state index contributed by atoms with van der Waals surface area (Å²) in [5, 5.41) is 29.9. The van der Waals surface area contributed by atoms with Crippen molar-refractivity contribution >= 4 is 39.6 Å². The minimum Gasteiger partial charge on any atom is -0.461 e. The summed E-state index contributed by atoms with van der Waals surface area (Å²) in [6.07, 6.45) is -14.8. The molecule has 4 aliphatic heterocycles. The number of carbonyl (C=O) groups is 4. The Labute approximate surface area is 535 Å². The van der Waals surface area contributed by atoms with E-state index in [1.807, 2.05) is 27.7 Å². The van der Waals surface area contributed by atoms with Crippen LogP contribution in [0.4, 0.5) is 4.79 Å². The lowest BCUT2D eigenvalue weighted by molar-refractivity contribution is -0.305. The van der Waals surface area contributed by atoms with Crippen LogP contribution in [0.1, 0.15) is 150 Å². The molecule has 0 aliphatic carbocycles. The molecule has 0 aromatic heterocycles. The van der Waals surface area contributed by atoms with Gasteiger partial charge in [0.25, 0.3) is 0 Å². The molecule has 4 aliphatic rings. The molecule has 4 heterocycles. The zero-order valence-electron chi connectivity index (χ0n) is 57.3. The Balaban J connectivity index is 1.72. The van der Waals surface area contributed by atoms with Crippen LogP contribution in [0.2, 0.25) is 0 Å². The Kier molecular flexibility index (Phi) is 28.1. The maximum absolute atomic E-state index is 16.1. The van der Waals surface area contributed by atoms with E-state index in [0.717, 1.165) is 6.54 Å². The van der Waals surface area contributed by atoms with Gasteiger partial charge in [0.15, 0.2) is 30.3 Å². The number of esters is 2.